The van der Waals surface area contributed by atoms with Crippen LogP contribution in [0.25, 0.3) is 5.69 Å². The number of benzene rings is 1. The third-order valence-corrected chi connectivity index (χ3v) is 10.2. The number of piperidine rings is 1. The van der Waals surface area contributed by atoms with Gasteiger partial charge in [-0.3, -0.25) is 14.5 Å². The Kier molecular flexibility index (Phi) is 10.4. The van der Waals surface area contributed by atoms with Gasteiger partial charge in [0.15, 0.2) is 0 Å². The van der Waals surface area contributed by atoms with Gasteiger partial charge in [-0.1, -0.05) is 20.8 Å². The first-order valence-electron chi connectivity index (χ1n) is 15.4. The number of rotatable bonds is 12. The molecule has 2 saturated heterocycles. The largest absolute Gasteiger partial charge is 0.342 e. The normalized spacial score (nSPS) is 19.6. The first kappa shape index (κ1) is 33.1. The van der Waals surface area contributed by atoms with Crippen molar-refractivity contribution in [2.24, 2.45) is 5.92 Å². The van der Waals surface area contributed by atoms with Gasteiger partial charge in [-0.25, -0.2) is 17.8 Å². The van der Waals surface area contributed by atoms with Crippen LogP contribution in [0.5, 0.6) is 0 Å². The highest BCUT2D eigenvalue weighted by atomic mass is 32.2. The van der Waals surface area contributed by atoms with Crippen molar-refractivity contribution >= 4 is 21.8 Å². The Hall–Kier alpha value is -2.80. The Balaban J connectivity index is 1.45. The van der Waals surface area contributed by atoms with Crippen LogP contribution < -0.4 is 10.0 Å². The lowest BCUT2D eigenvalue weighted by Crippen LogP contribution is -2.73. The molecular formula is C31H49N7O4S. The summed E-state index contributed by atoms with van der Waals surface area (Å²) in [5.41, 5.74) is 3.03. The minimum atomic E-state index is -3.59. The van der Waals surface area contributed by atoms with Crippen molar-refractivity contribution in [3.63, 3.8) is 0 Å². The van der Waals surface area contributed by atoms with Crippen molar-refractivity contribution in [3.05, 3.63) is 41.2 Å². The van der Waals surface area contributed by atoms with Crippen LogP contribution in [0.4, 0.5) is 0 Å². The molecule has 0 saturated carbocycles. The zero-order valence-corrected chi connectivity index (χ0v) is 27.6. The van der Waals surface area contributed by atoms with Crippen LogP contribution in [0, 0.1) is 19.8 Å². The predicted molar refractivity (Wildman–Crippen MR) is 167 cm³/mol. The van der Waals surface area contributed by atoms with E-state index in [9.17, 15) is 18.0 Å². The Bertz CT molecular complexity index is 1390. The van der Waals surface area contributed by atoms with Gasteiger partial charge in [0.05, 0.1) is 16.3 Å². The standard InChI is InChI=1S/C31H49N7O4S/c1-8-16-37-29(39)28(20-22(2)3)33-30(40)31(37)13-17-36(18-14-31)21-27-23(4)34-38(24(27)5)25-9-11-26(12-10-25)43(41,42)32-15-19-35(6)7/h9-12,22,28,32H,8,13-21H2,1-7H3,(H,33,40). The van der Waals surface area contributed by atoms with Crippen molar-refractivity contribution < 1.29 is 18.0 Å². The Labute approximate surface area is 257 Å². The average Bonchev–Trinajstić information content (AvgIpc) is 3.23. The zero-order chi connectivity index (χ0) is 31.5. The van der Waals surface area contributed by atoms with Gasteiger partial charge >= 0.3 is 0 Å². The minimum Gasteiger partial charge on any atom is -0.342 e. The second-order valence-corrected chi connectivity index (χ2v) is 14.5. The molecule has 2 aromatic rings. The van der Waals surface area contributed by atoms with Gasteiger partial charge in [-0.15, -0.1) is 0 Å². The molecule has 3 heterocycles. The number of likely N-dealkylation sites (tertiary alicyclic amines) is 1. The van der Waals surface area contributed by atoms with E-state index in [1.54, 1.807) is 24.3 Å². The molecular weight excluding hydrogens is 566 g/mol. The van der Waals surface area contributed by atoms with E-state index < -0.39 is 21.6 Å². The van der Waals surface area contributed by atoms with Gasteiger partial charge in [-0.2, -0.15) is 5.10 Å². The maximum absolute atomic E-state index is 13.5. The molecule has 2 aliphatic rings. The Morgan fingerprint density at radius 3 is 2.35 bits per heavy atom. The average molecular weight is 616 g/mol. The first-order chi connectivity index (χ1) is 20.3. The molecule has 1 unspecified atom stereocenters. The van der Waals surface area contributed by atoms with Crippen molar-refractivity contribution in [1.82, 2.24) is 34.5 Å². The quantitative estimate of drug-likeness (QED) is 0.377. The van der Waals surface area contributed by atoms with E-state index in [1.165, 1.54) is 0 Å². The lowest BCUT2D eigenvalue weighted by Gasteiger charge is -2.52. The lowest BCUT2D eigenvalue weighted by molar-refractivity contribution is -0.161. The van der Waals surface area contributed by atoms with E-state index in [0.29, 0.717) is 64.4 Å². The molecule has 2 amide bonds. The second-order valence-electron chi connectivity index (χ2n) is 12.7. The van der Waals surface area contributed by atoms with E-state index in [-0.39, 0.29) is 16.7 Å². The Morgan fingerprint density at radius 1 is 1.12 bits per heavy atom. The van der Waals surface area contributed by atoms with Crippen molar-refractivity contribution in [1.29, 1.82) is 0 Å². The maximum atomic E-state index is 13.5. The van der Waals surface area contributed by atoms with Crippen LogP contribution in [0.2, 0.25) is 0 Å². The molecule has 1 spiro atoms. The SMILES string of the molecule is CCCN1C(=O)C(CC(C)C)NC(=O)C12CCN(Cc1c(C)nn(-c3ccc(S(=O)(=O)NCCN(C)C)cc3)c1C)CC2. The van der Waals surface area contributed by atoms with Gasteiger partial charge < -0.3 is 15.1 Å². The molecule has 238 valence electrons. The third kappa shape index (κ3) is 7.13. The molecule has 1 atom stereocenters. The minimum absolute atomic E-state index is 0.00982. The highest BCUT2D eigenvalue weighted by molar-refractivity contribution is 7.89. The molecule has 1 aromatic carbocycles. The van der Waals surface area contributed by atoms with Crippen LogP contribution in [0.15, 0.2) is 29.2 Å². The summed E-state index contributed by atoms with van der Waals surface area (Å²) in [6.45, 7) is 13.9. The van der Waals surface area contributed by atoms with Crippen LogP contribution in [-0.2, 0) is 26.2 Å². The number of aromatic nitrogens is 2. The number of piperazine rings is 1. The van der Waals surface area contributed by atoms with E-state index in [2.05, 4.69) is 35.7 Å². The number of amides is 2. The summed E-state index contributed by atoms with van der Waals surface area (Å²) in [5.74, 6) is 0.367. The summed E-state index contributed by atoms with van der Waals surface area (Å²) in [4.78, 5) is 33.3. The van der Waals surface area contributed by atoms with E-state index in [0.717, 1.165) is 29.1 Å². The Morgan fingerprint density at radius 2 is 1.77 bits per heavy atom. The number of carbonyl (C=O) groups is 2. The summed E-state index contributed by atoms with van der Waals surface area (Å²) in [5, 5.41) is 7.86. The number of sulfonamides is 1. The van der Waals surface area contributed by atoms with Crippen LogP contribution in [0.1, 0.15) is 63.4 Å². The molecule has 1 aromatic heterocycles. The monoisotopic (exact) mass is 615 g/mol. The molecule has 2 N–H and O–H groups in total. The van der Waals surface area contributed by atoms with Gasteiger partial charge in [0.1, 0.15) is 11.6 Å². The summed E-state index contributed by atoms with van der Waals surface area (Å²) in [6.07, 6.45) is 2.67. The highest BCUT2D eigenvalue weighted by Crippen LogP contribution is 2.35. The van der Waals surface area contributed by atoms with Crippen molar-refractivity contribution in [2.45, 2.75) is 83.3 Å². The molecule has 0 bridgehead atoms. The predicted octanol–water partition coefficient (Wildman–Crippen LogP) is 2.45. The fraction of sp³-hybridized carbons (Fsp3) is 0.645. The summed E-state index contributed by atoms with van der Waals surface area (Å²) in [6, 6.07) is 6.34. The molecule has 0 aliphatic carbocycles. The number of carbonyl (C=O) groups excluding carboxylic acids is 2. The molecule has 0 radical (unpaired) electrons. The zero-order valence-electron chi connectivity index (χ0n) is 26.8. The molecule has 2 aliphatic heterocycles. The van der Waals surface area contributed by atoms with Crippen LogP contribution >= 0.6 is 0 Å². The number of aryl methyl sites for hydroxylation is 1. The van der Waals surface area contributed by atoms with Crippen LogP contribution in [-0.4, -0.2) is 103 Å². The van der Waals surface area contributed by atoms with Crippen molar-refractivity contribution in [2.75, 3.05) is 46.8 Å². The number of nitrogens with one attached hydrogen (secondary N) is 2. The fourth-order valence-electron chi connectivity index (χ4n) is 6.27. The topological polar surface area (TPSA) is 120 Å². The molecule has 11 nitrogen and oxygen atoms in total. The van der Waals surface area contributed by atoms with E-state index in [1.807, 2.05) is 42.4 Å². The van der Waals surface area contributed by atoms with Gasteiger partial charge in [0.25, 0.3) is 0 Å². The van der Waals surface area contributed by atoms with Gasteiger partial charge in [0, 0.05) is 50.5 Å². The van der Waals surface area contributed by atoms with Crippen molar-refractivity contribution in [3.8, 4) is 5.69 Å². The molecule has 2 fully saturated rings. The number of hydrogen-bond donors (Lipinski definition) is 2. The summed E-state index contributed by atoms with van der Waals surface area (Å²) in [7, 11) is 0.206. The first-order valence-corrected chi connectivity index (χ1v) is 16.9. The van der Waals surface area contributed by atoms with Crippen LogP contribution in [0.3, 0.4) is 0 Å². The summed E-state index contributed by atoms with van der Waals surface area (Å²) < 4.78 is 29.8. The number of likely N-dealkylation sites (N-methyl/N-ethyl adjacent to an activating group) is 1. The molecule has 12 heteroatoms. The smallest absolute Gasteiger partial charge is 0.246 e. The van der Waals surface area contributed by atoms with Gasteiger partial charge in [-0.05, 0) is 83.8 Å². The van der Waals surface area contributed by atoms with Gasteiger partial charge in [0.2, 0.25) is 21.8 Å². The number of nitrogens with zero attached hydrogens (tertiary/aromatic N) is 5. The molecule has 4 rings (SSSR count). The summed E-state index contributed by atoms with van der Waals surface area (Å²) >= 11 is 0. The second kappa shape index (κ2) is 13.5. The highest BCUT2D eigenvalue weighted by Gasteiger charge is 2.53. The maximum Gasteiger partial charge on any atom is 0.246 e. The van der Waals surface area contributed by atoms with E-state index >= 15 is 0 Å². The lowest BCUT2D eigenvalue weighted by atomic mass is 9.80. The van der Waals surface area contributed by atoms with E-state index in [4.69, 9.17) is 5.10 Å². The number of hydrogen-bond acceptors (Lipinski definition) is 7. The third-order valence-electron chi connectivity index (χ3n) is 8.71. The fourth-order valence-corrected chi connectivity index (χ4v) is 7.29. The molecule has 43 heavy (non-hydrogen) atoms.